The maximum absolute atomic E-state index is 13.7. The van der Waals surface area contributed by atoms with E-state index >= 15 is 0 Å². The number of nitrogens with one attached hydrogen (secondary N) is 2. The molecule has 122 valence electrons. The van der Waals surface area contributed by atoms with E-state index in [2.05, 4.69) is 25.8 Å². The fourth-order valence-electron chi connectivity index (χ4n) is 1.99. The van der Waals surface area contributed by atoms with Gasteiger partial charge >= 0.3 is 0 Å². The number of nitrogens with zero attached hydrogens (tertiary/aromatic N) is 3. The lowest BCUT2D eigenvalue weighted by molar-refractivity contribution is 0.586. The molecule has 0 unspecified atom stereocenters. The molecule has 0 amide bonds. The molecule has 0 aliphatic rings. The SMILES string of the molecule is Cc1ccc(Cl)cc1Nc1cnnc(Nc2ccc(F)cc2F)n1. The third-order valence-electron chi connectivity index (χ3n) is 3.20. The quantitative estimate of drug-likeness (QED) is 0.722. The van der Waals surface area contributed by atoms with E-state index in [9.17, 15) is 8.78 Å². The van der Waals surface area contributed by atoms with Gasteiger partial charge in [-0.05, 0) is 36.8 Å². The molecule has 5 nitrogen and oxygen atoms in total. The number of hydrogen-bond donors (Lipinski definition) is 2. The van der Waals surface area contributed by atoms with Crippen molar-refractivity contribution in [3.63, 3.8) is 0 Å². The summed E-state index contributed by atoms with van der Waals surface area (Å²) in [5.41, 5.74) is 1.79. The molecule has 1 heterocycles. The first-order valence-electron chi connectivity index (χ1n) is 6.96. The smallest absolute Gasteiger partial charge is 0.249 e. The summed E-state index contributed by atoms with van der Waals surface area (Å²) in [6.45, 7) is 1.92. The molecule has 0 saturated heterocycles. The number of aryl methyl sites for hydroxylation is 1. The molecule has 24 heavy (non-hydrogen) atoms. The van der Waals surface area contributed by atoms with E-state index in [0.717, 1.165) is 23.4 Å². The van der Waals surface area contributed by atoms with E-state index < -0.39 is 11.6 Å². The maximum atomic E-state index is 13.7. The van der Waals surface area contributed by atoms with Crippen LogP contribution in [0.25, 0.3) is 0 Å². The molecule has 0 aliphatic heterocycles. The summed E-state index contributed by atoms with van der Waals surface area (Å²) in [6, 6.07) is 8.57. The van der Waals surface area contributed by atoms with Gasteiger partial charge in [-0.15, -0.1) is 5.10 Å². The number of anilines is 4. The van der Waals surface area contributed by atoms with Crippen LogP contribution in [0.1, 0.15) is 5.56 Å². The van der Waals surface area contributed by atoms with Crippen LogP contribution >= 0.6 is 11.6 Å². The minimum absolute atomic E-state index is 0.0503. The van der Waals surface area contributed by atoms with Gasteiger partial charge in [0, 0.05) is 16.8 Å². The molecule has 1 aromatic heterocycles. The lowest BCUT2D eigenvalue weighted by Gasteiger charge is -2.10. The number of aromatic nitrogens is 3. The van der Waals surface area contributed by atoms with E-state index in [1.165, 1.54) is 12.3 Å². The Morgan fingerprint density at radius 2 is 1.83 bits per heavy atom. The second-order valence-electron chi connectivity index (χ2n) is 5.00. The van der Waals surface area contributed by atoms with Gasteiger partial charge in [0.05, 0.1) is 11.9 Å². The molecule has 0 atom stereocenters. The van der Waals surface area contributed by atoms with Crippen molar-refractivity contribution >= 4 is 34.7 Å². The Morgan fingerprint density at radius 1 is 1.00 bits per heavy atom. The van der Waals surface area contributed by atoms with Crippen molar-refractivity contribution in [2.75, 3.05) is 10.6 Å². The monoisotopic (exact) mass is 347 g/mol. The summed E-state index contributed by atoms with van der Waals surface area (Å²) < 4.78 is 26.6. The molecule has 2 N–H and O–H groups in total. The Balaban J connectivity index is 1.82. The Kier molecular flexibility index (Phi) is 4.52. The highest BCUT2D eigenvalue weighted by atomic mass is 35.5. The topological polar surface area (TPSA) is 62.7 Å². The zero-order valence-electron chi connectivity index (χ0n) is 12.5. The second kappa shape index (κ2) is 6.76. The highest BCUT2D eigenvalue weighted by Crippen LogP contribution is 2.24. The van der Waals surface area contributed by atoms with E-state index in [-0.39, 0.29) is 11.6 Å². The summed E-state index contributed by atoms with van der Waals surface area (Å²) >= 11 is 5.98. The summed E-state index contributed by atoms with van der Waals surface area (Å²) in [7, 11) is 0. The molecule has 0 aliphatic carbocycles. The highest BCUT2D eigenvalue weighted by molar-refractivity contribution is 6.30. The van der Waals surface area contributed by atoms with Crippen LogP contribution in [-0.2, 0) is 0 Å². The number of benzene rings is 2. The summed E-state index contributed by atoms with van der Waals surface area (Å²) in [6.07, 6.45) is 1.42. The van der Waals surface area contributed by atoms with Crippen molar-refractivity contribution in [3.05, 3.63) is 64.8 Å². The van der Waals surface area contributed by atoms with Crippen LogP contribution in [0.2, 0.25) is 5.02 Å². The van der Waals surface area contributed by atoms with Gasteiger partial charge in [-0.3, -0.25) is 0 Å². The molecular weight excluding hydrogens is 336 g/mol. The second-order valence-corrected chi connectivity index (χ2v) is 5.44. The average Bonchev–Trinajstić information content (AvgIpc) is 2.54. The number of hydrogen-bond acceptors (Lipinski definition) is 5. The largest absolute Gasteiger partial charge is 0.339 e. The Morgan fingerprint density at radius 3 is 2.62 bits per heavy atom. The van der Waals surface area contributed by atoms with Crippen LogP contribution < -0.4 is 10.6 Å². The number of halogens is 3. The molecule has 0 saturated carbocycles. The molecule has 3 aromatic rings. The van der Waals surface area contributed by atoms with Crippen molar-refractivity contribution in [1.82, 2.24) is 15.2 Å². The standard InChI is InChI=1S/C16H12ClF2N5/c1-9-2-3-10(17)6-14(9)21-15-8-20-24-16(23-15)22-13-5-4-11(18)7-12(13)19/h2-8H,1H3,(H2,21,22,23,24). The van der Waals surface area contributed by atoms with Gasteiger partial charge in [0.1, 0.15) is 11.6 Å². The van der Waals surface area contributed by atoms with Crippen LogP contribution in [0, 0.1) is 18.6 Å². The molecule has 3 rings (SSSR count). The van der Waals surface area contributed by atoms with E-state index in [4.69, 9.17) is 11.6 Å². The van der Waals surface area contributed by atoms with Crippen LogP contribution in [0.3, 0.4) is 0 Å². The molecule has 0 spiro atoms. The molecule has 0 bridgehead atoms. The zero-order chi connectivity index (χ0) is 17.1. The van der Waals surface area contributed by atoms with Crippen molar-refractivity contribution in [2.24, 2.45) is 0 Å². The van der Waals surface area contributed by atoms with Gasteiger partial charge in [-0.25, -0.2) is 8.78 Å². The van der Waals surface area contributed by atoms with Gasteiger partial charge < -0.3 is 10.6 Å². The van der Waals surface area contributed by atoms with Crippen LogP contribution in [0.5, 0.6) is 0 Å². The van der Waals surface area contributed by atoms with Gasteiger partial charge in [0.2, 0.25) is 5.95 Å². The van der Waals surface area contributed by atoms with Gasteiger partial charge in [0.25, 0.3) is 0 Å². The normalized spacial score (nSPS) is 10.5. The Labute approximate surface area is 141 Å². The van der Waals surface area contributed by atoms with Gasteiger partial charge in [0.15, 0.2) is 5.82 Å². The fourth-order valence-corrected chi connectivity index (χ4v) is 2.17. The van der Waals surface area contributed by atoms with Gasteiger partial charge in [-0.2, -0.15) is 10.1 Å². The molecule has 0 radical (unpaired) electrons. The van der Waals surface area contributed by atoms with Gasteiger partial charge in [-0.1, -0.05) is 17.7 Å². The molecule has 2 aromatic carbocycles. The Bertz CT molecular complexity index is 888. The summed E-state index contributed by atoms with van der Waals surface area (Å²) in [5, 5.41) is 13.9. The maximum Gasteiger partial charge on any atom is 0.249 e. The third kappa shape index (κ3) is 3.75. The predicted octanol–water partition coefficient (Wildman–Crippen LogP) is 4.60. The van der Waals surface area contributed by atoms with E-state index in [1.54, 1.807) is 12.1 Å². The first kappa shape index (κ1) is 16.1. The summed E-state index contributed by atoms with van der Waals surface area (Å²) in [4.78, 5) is 4.20. The lowest BCUT2D eigenvalue weighted by Crippen LogP contribution is -2.04. The highest BCUT2D eigenvalue weighted by Gasteiger charge is 2.08. The Hall–Kier alpha value is -2.80. The van der Waals surface area contributed by atoms with Crippen molar-refractivity contribution in [3.8, 4) is 0 Å². The van der Waals surface area contributed by atoms with Crippen LogP contribution in [0.15, 0.2) is 42.6 Å². The minimum atomic E-state index is -0.748. The first-order valence-corrected chi connectivity index (χ1v) is 7.34. The van der Waals surface area contributed by atoms with E-state index in [1.807, 2.05) is 13.0 Å². The lowest BCUT2D eigenvalue weighted by atomic mass is 10.2. The van der Waals surface area contributed by atoms with Crippen molar-refractivity contribution in [1.29, 1.82) is 0 Å². The third-order valence-corrected chi connectivity index (χ3v) is 3.43. The molecule has 0 fully saturated rings. The van der Waals surface area contributed by atoms with E-state index in [0.29, 0.717) is 10.8 Å². The average molecular weight is 348 g/mol. The molecule has 8 heteroatoms. The number of rotatable bonds is 4. The van der Waals surface area contributed by atoms with Crippen molar-refractivity contribution in [2.45, 2.75) is 6.92 Å². The first-order chi connectivity index (χ1) is 11.5. The minimum Gasteiger partial charge on any atom is -0.339 e. The predicted molar refractivity (Wildman–Crippen MR) is 88.9 cm³/mol. The van der Waals surface area contributed by atoms with Crippen LogP contribution in [-0.4, -0.2) is 15.2 Å². The zero-order valence-corrected chi connectivity index (χ0v) is 13.3. The summed E-state index contributed by atoms with van der Waals surface area (Å²) in [5.74, 6) is -0.933. The van der Waals surface area contributed by atoms with Crippen molar-refractivity contribution < 1.29 is 8.78 Å². The fraction of sp³-hybridized carbons (Fsp3) is 0.0625. The van der Waals surface area contributed by atoms with Crippen LogP contribution in [0.4, 0.5) is 31.9 Å². The molecular formula is C16H12ClF2N5.